The number of anilines is 3. The minimum absolute atomic E-state index is 0.239. The summed E-state index contributed by atoms with van der Waals surface area (Å²) in [5, 5.41) is 14.7. The van der Waals surface area contributed by atoms with Crippen LogP contribution in [0.1, 0.15) is 26.3 Å². The van der Waals surface area contributed by atoms with Crippen molar-refractivity contribution >= 4 is 29.2 Å². The number of methoxy groups -OCH3 is 1. The van der Waals surface area contributed by atoms with Crippen molar-refractivity contribution in [2.24, 2.45) is 0 Å². The number of esters is 1. The van der Waals surface area contributed by atoms with E-state index in [1.54, 1.807) is 42.5 Å². The molecule has 2 aromatic carbocycles. The minimum atomic E-state index is -0.493. The predicted octanol–water partition coefficient (Wildman–Crippen LogP) is 3.13. The molecule has 0 atom stereocenters. The molecule has 0 saturated carbocycles. The van der Waals surface area contributed by atoms with Gasteiger partial charge in [0.1, 0.15) is 6.07 Å². The molecule has 1 amide bonds. The number of carbonyl (C=O) groups is 2. The van der Waals surface area contributed by atoms with Crippen molar-refractivity contribution < 1.29 is 14.3 Å². The number of nitriles is 1. The number of nitrogens with one attached hydrogen (secondary N) is 2. The van der Waals surface area contributed by atoms with Crippen LogP contribution in [-0.4, -0.2) is 29.0 Å². The Labute approximate surface area is 160 Å². The van der Waals surface area contributed by atoms with Gasteiger partial charge >= 0.3 is 5.97 Å². The Bertz CT molecular complexity index is 1060. The summed E-state index contributed by atoms with van der Waals surface area (Å²) in [4.78, 5) is 32.1. The largest absolute Gasteiger partial charge is 0.465 e. The molecule has 0 bridgehead atoms. The first-order valence-electron chi connectivity index (χ1n) is 8.18. The molecular weight excluding hydrogens is 358 g/mol. The highest BCUT2D eigenvalue weighted by molar-refractivity contribution is 6.04. The van der Waals surface area contributed by atoms with Crippen LogP contribution in [0.25, 0.3) is 0 Å². The second-order valence-corrected chi connectivity index (χ2v) is 5.60. The smallest absolute Gasteiger partial charge is 0.337 e. The molecule has 1 heterocycles. The number of amides is 1. The van der Waals surface area contributed by atoms with Gasteiger partial charge < -0.3 is 15.4 Å². The lowest BCUT2D eigenvalue weighted by molar-refractivity contribution is 0.0600. The van der Waals surface area contributed by atoms with Crippen LogP contribution >= 0.6 is 0 Å². The van der Waals surface area contributed by atoms with Crippen molar-refractivity contribution in [1.29, 1.82) is 5.26 Å². The maximum Gasteiger partial charge on any atom is 0.337 e. The molecule has 0 fully saturated rings. The van der Waals surface area contributed by atoms with E-state index in [0.29, 0.717) is 22.5 Å². The molecule has 28 heavy (non-hydrogen) atoms. The van der Waals surface area contributed by atoms with Crippen LogP contribution in [0, 0.1) is 11.3 Å². The van der Waals surface area contributed by atoms with Gasteiger partial charge in [0.05, 0.1) is 29.5 Å². The second kappa shape index (κ2) is 8.42. The Morgan fingerprint density at radius 2 is 1.79 bits per heavy atom. The molecule has 3 aromatic rings. The molecule has 8 nitrogen and oxygen atoms in total. The fourth-order valence-electron chi connectivity index (χ4n) is 2.36. The SMILES string of the molecule is COC(=O)c1cccc(NC(=O)c2cnc(Nc3ccccc3C#N)nc2)c1. The molecule has 2 N–H and O–H groups in total. The zero-order valence-electron chi connectivity index (χ0n) is 14.8. The van der Waals surface area contributed by atoms with E-state index in [1.807, 2.05) is 0 Å². The van der Waals surface area contributed by atoms with Crippen LogP contribution in [0.15, 0.2) is 60.9 Å². The van der Waals surface area contributed by atoms with E-state index in [1.165, 1.54) is 25.6 Å². The van der Waals surface area contributed by atoms with Gasteiger partial charge in [0.2, 0.25) is 5.95 Å². The van der Waals surface area contributed by atoms with E-state index in [0.717, 1.165) is 0 Å². The lowest BCUT2D eigenvalue weighted by Crippen LogP contribution is -2.13. The molecule has 3 rings (SSSR count). The van der Waals surface area contributed by atoms with Gasteiger partial charge in [-0.25, -0.2) is 14.8 Å². The summed E-state index contributed by atoms with van der Waals surface area (Å²) in [5.41, 5.74) is 2.04. The number of nitrogens with zero attached hydrogens (tertiary/aromatic N) is 3. The fourth-order valence-corrected chi connectivity index (χ4v) is 2.36. The van der Waals surface area contributed by atoms with Crippen molar-refractivity contribution in [2.75, 3.05) is 17.7 Å². The molecule has 0 spiro atoms. The van der Waals surface area contributed by atoms with Gasteiger partial charge in [-0.05, 0) is 30.3 Å². The van der Waals surface area contributed by atoms with Crippen LogP contribution in [0.4, 0.5) is 17.3 Å². The molecule has 0 radical (unpaired) electrons. The van der Waals surface area contributed by atoms with Gasteiger partial charge in [0.15, 0.2) is 0 Å². The van der Waals surface area contributed by atoms with Crippen LogP contribution in [0.5, 0.6) is 0 Å². The van der Waals surface area contributed by atoms with Crippen LogP contribution in [0.2, 0.25) is 0 Å². The molecule has 0 aliphatic carbocycles. The zero-order chi connectivity index (χ0) is 19.9. The van der Waals surface area contributed by atoms with E-state index in [9.17, 15) is 9.59 Å². The Morgan fingerprint density at radius 3 is 2.50 bits per heavy atom. The Kier molecular flexibility index (Phi) is 5.58. The second-order valence-electron chi connectivity index (χ2n) is 5.60. The van der Waals surface area contributed by atoms with Crippen molar-refractivity contribution in [3.05, 3.63) is 77.6 Å². The number of aromatic nitrogens is 2. The van der Waals surface area contributed by atoms with Gasteiger partial charge in [0.25, 0.3) is 5.91 Å². The molecule has 0 unspecified atom stereocenters. The number of para-hydroxylation sites is 1. The molecular formula is C20H15N5O3. The zero-order valence-corrected chi connectivity index (χ0v) is 14.8. The Hall–Kier alpha value is -4.25. The third kappa shape index (κ3) is 4.28. The van der Waals surface area contributed by atoms with Crippen LogP contribution in [-0.2, 0) is 4.74 Å². The number of ether oxygens (including phenoxy) is 1. The minimum Gasteiger partial charge on any atom is -0.465 e. The standard InChI is InChI=1S/C20H15N5O3/c1-28-19(27)13-6-4-7-16(9-13)24-18(26)15-11-22-20(23-12-15)25-17-8-3-2-5-14(17)10-21/h2-9,11-12H,1H3,(H,24,26)(H,22,23,25). The summed E-state index contributed by atoms with van der Waals surface area (Å²) in [6.45, 7) is 0. The number of hydrogen-bond donors (Lipinski definition) is 2. The molecule has 8 heteroatoms. The van der Waals surface area contributed by atoms with Crippen molar-refractivity contribution in [3.8, 4) is 6.07 Å². The topological polar surface area (TPSA) is 117 Å². The molecule has 1 aromatic heterocycles. The molecule has 138 valence electrons. The predicted molar refractivity (Wildman–Crippen MR) is 102 cm³/mol. The Morgan fingerprint density at radius 1 is 1.04 bits per heavy atom. The Balaban J connectivity index is 1.70. The summed E-state index contributed by atoms with van der Waals surface area (Å²) in [6, 6.07) is 15.4. The van der Waals surface area contributed by atoms with Crippen LogP contribution < -0.4 is 10.6 Å². The maximum atomic E-state index is 12.4. The first-order chi connectivity index (χ1) is 13.6. The highest BCUT2D eigenvalue weighted by Crippen LogP contribution is 2.18. The third-order valence-corrected chi connectivity index (χ3v) is 3.75. The maximum absolute atomic E-state index is 12.4. The fraction of sp³-hybridized carbons (Fsp3) is 0.0500. The molecule has 0 aliphatic heterocycles. The van der Waals surface area contributed by atoms with Crippen molar-refractivity contribution in [3.63, 3.8) is 0 Å². The summed E-state index contributed by atoms with van der Waals surface area (Å²) in [6.07, 6.45) is 2.73. The molecule has 0 saturated heterocycles. The number of benzene rings is 2. The van der Waals surface area contributed by atoms with E-state index in [4.69, 9.17) is 5.26 Å². The average Bonchev–Trinajstić information content (AvgIpc) is 2.74. The number of rotatable bonds is 5. The summed E-state index contributed by atoms with van der Waals surface area (Å²) >= 11 is 0. The van der Waals surface area contributed by atoms with Gasteiger partial charge in [-0.15, -0.1) is 0 Å². The highest BCUT2D eigenvalue weighted by atomic mass is 16.5. The summed E-state index contributed by atoms with van der Waals surface area (Å²) in [7, 11) is 1.29. The van der Waals surface area contributed by atoms with E-state index < -0.39 is 11.9 Å². The van der Waals surface area contributed by atoms with Crippen molar-refractivity contribution in [2.45, 2.75) is 0 Å². The first kappa shape index (κ1) is 18.5. The van der Waals surface area contributed by atoms with Gasteiger partial charge in [0, 0.05) is 18.1 Å². The van der Waals surface area contributed by atoms with Gasteiger partial charge in [-0.2, -0.15) is 5.26 Å². The monoisotopic (exact) mass is 373 g/mol. The van der Waals surface area contributed by atoms with E-state index in [-0.39, 0.29) is 11.5 Å². The third-order valence-electron chi connectivity index (χ3n) is 3.75. The summed E-state index contributed by atoms with van der Waals surface area (Å²) < 4.78 is 4.66. The van der Waals surface area contributed by atoms with Crippen molar-refractivity contribution in [1.82, 2.24) is 9.97 Å². The average molecular weight is 373 g/mol. The van der Waals surface area contributed by atoms with Gasteiger partial charge in [-0.1, -0.05) is 18.2 Å². The summed E-state index contributed by atoms with van der Waals surface area (Å²) in [5.74, 6) is -0.662. The van der Waals surface area contributed by atoms with Gasteiger partial charge in [-0.3, -0.25) is 4.79 Å². The first-order valence-corrected chi connectivity index (χ1v) is 8.18. The highest BCUT2D eigenvalue weighted by Gasteiger charge is 2.11. The van der Waals surface area contributed by atoms with Crippen LogP contribution in [0.3, 0.4) is 0 Å². The molecule has 0 aliphatic rings. The quantitative estimate of drug-likeness (QED) is 0.660. The lowest BCUT2D eigenvalue weighted by atomic mass is 10.2. The number of hydrogen-bond acceptors (Lipinski definition) is 7. The van der Waals surface area contributed by atoms with E-state index in [2.05, 4.69) is 31.4 Å². The number of carbonyl (C=O) groups excluding carboxylic acids is 2. The lowest BCUT2D eigenvalue weighted by Gasteiger charge is -2.08. The normalized spacial score (nSPS) is 9.86. The van der Waals surface area contributed by atoms with E-state index >= 15 is 0 Å².